The Kier molecular flexibility index (Phi) is 4.96. The van der Waals surface area contributed by atoms with Crippen LogP contribution in [0.4, 0.5) is 11.8 Å². The van der Waals surface area contributed by atoms with Crippen LogP contribution in [0.5, 0.6) is 0 Å². The van der Waals surface area contributed by atoms with Crippen molar-refractivity contribution in [3.8, 4) is 0 Å². The molecule has 0 aliphatic carbocycles. The number of nitrogens with one attached hydrogen (secondary N) is 1. The van der Waals surface area contributed by atoms with Crippen molar-refractivity contribution in [1.29, 1.82) is 0 Å². The summed E-state index contributed by atoms with van der Waals surface area (Å²) in [4.78, 5) is 12.7. The second-order valence-corrected chi connectivity index (χ2v) is 6.97. The van der Waals surface area contributed by atoms with Gasteiger partial charge in [-0.2, -0.15) is 4.98 Å². The molecular formula is C15H23N5O2S. The van der Waals surface area contributed by atoms with E-state index in [1.165, 1.54) is 4.90 Å². The fraction of sp³-hybridized carbons (Fsp3) is 0.600. The third-order valence-electron chi connectivity index (χ3n) is 4.21. The summed E-state index contributed by atoms with van der Waals surface area (Å²) in [5, 5.41) is 24.3. The summed E-state index contributed by atoms with van der Waals surface area (Å²) in [6, 6.07) is 2.37. The maximum absolute atomic E-state index is 9.38. The van der Waals surface area contributed by atoms with Crippen LogP contribution in [0.1, 0.15) is 13.8 Å². The first-order valence-electron chi connectivity index (χ1n) is 7.84. The van der Waals surface area contributed by atoms with E-state index >= 15 is 0 Å². The first kappa shape index (κ1) is 16.4. The number of aliphatic hydroxyl groups excluding tert-OH is 2. The van der Waals surface area contributed by atoms with E-state index in [0.717, 1.165) is 35.7 Å². The van der Waals surface area contributed by atoms with Crippen molar-refractivity contribution in [3.05, 3.63) is 11.4 Å². The Morgan fingerprint density at radius 3 is 2.87 bits per heavy atom. The third kappa shape index (κ3) is 3.25. The number of rotatable bonds is 5. The fourth-order valence-electron chi connectivity index (χ4n) is 2.78. The van der Waals surface area contributed by atoms with Crippen LogP contribution in [0.2, 0.25) is 0 Å². The molecule has 1 fully saturated rings. The Labute approximate surface area is 139 Å². The molecule has 1 aliphatic rings. The lowest BCUT2D eigenvalue weighted by Crippen LogP contribution is -2.53. The molecule has 0 aromatic carbocycles. The molecule has 0 bridgehead atoms. The van der Waals surface area contributed by atoms with Gasteiger partial charge in [0.15, 0.2) is 5.82 Å². The topological polar surface area (TPSA) is 84.8 Å². The molecule has 23 heavy (non-hydrogen) atoms. The minimum atomic E-state index is -0.318. The van der Waals surface area contributed by atoms with Gasteiger partial charge in [0.1, 0.15) is 13.5 Å². The average Bonchev–Trinajstić information content (AvgIpc) is 3.04. The largest absolute Gasteiger partial charge is 0.376 e. The minimum Gasteiger partial charge on any atom is -0.376 e. The summed E-state index contributed by atoms with van der Waals surface area (Å²) in [6.07, 6.45) is 0. The number of anilines is 2. The van der Waals surface area contributed by atoms with Crippen molar-refractivity contribution >= 4 is 33.3 Å². The van der Waals surface area contributed by atoms with Crippen LogP contribution >= 0.6 is 11.3 Å². The molecule has 3 N–H and O–H groups in total. The molecule has 2 aromatic heterocycles. The van der Waals surface area contributed by atoms with Gasteiger partial charge in [0, 0.05) is 25.7 Å². The third-order valence-corrected chi connectivity index (χ3v) is 5.11. The Morgan fingerprint density at radius 1 is 1.39 bits per heavy atom. The average molecular weight is 337 g/mol. The molecule has 7 nitrogen and oxygen atoms in total. The molecule has 3 rings (SSSR count). The summed E-state index contributed by atoms with van der Waals surface area (Å²) < 4.78 is 1.05. The summed E-state index contributed by atoms with van der Waals surface area (Å²) in [7, 11) is 0. The Morgan fingerprint density at radius 2 is 2.17 bits per heavy atom. The highest BCUT2D eigenvalue weighted by Gasteiger charge is 2.25. The number of aromatic nitrogens is 2. The van der Waals surface area contributed by atoms with Gasteiger partial charge in [-0.15, -0.1) is 11.3 Å². The standard InChI is InChI=1S/C15H23N5O2S/c1-10(2)12-7-19(5-4-16-12)14-13-11(3-6-23-13)17-15(18-14)20(8-21)9-22/h3,6,10,12,16,21-22H,4-5,7-9H2,1-2H3. The lowest BCUT2D eigenvalue weighted by Gasteiger charge is -2.36. The molecule has 8 heteroatoms. The molecule has 2 aromatic rings. The lowest BCUT2D eigenvalue weighted by molar-refractivity contribution is 0.220. The minimum absolute atomic E-state index is 0.318. The molecule has 0 saturated carbocycles. The number of aliphatic hydroxyl groups is 2. The molecule has 126 valence electrons. The van der Waals surface area contributed by atoms with Crippen molar-refractivity contribution in [2.75, 3.05) is 42.9 Å². The molecule has 0 amide bonds. The van der Waals surface area contributed by atoms with Gasteiger partial charge in [-0.25, -0.2) is 4.98 Å². The van der Waals surface area contributed by atoms with E-state index in [4.69, 9.17) is 0 Å². The maximum atomic E-state index is 9.38. The van der Waals surface area contributed by atoms with Gasteiger partial charge < -0.3 is 20.4 Å². The van der Waals surface area contributed by atoms with Gasteiger partial charge in [0.2, 0.25) is 5.95 Å². The van der Waals surface area contributed by atoms with Crippen LogP contribution in [-0.4, -0.2) is 59.3 Å². The summed E-state index contributed by atoms with van der Waals surface area (Å²) in [5.41, 5.74) is 0.849. The first-order valence-corrected chi connectivity index (χ1v) is 8.72. The van der Waals surface area contributed by atoms with Crippen LogP contribution in [0.15, 0.2) is 11.4 Å². The van der Waals surface area contributed by atoms with Crippen molar-refractivity contribution in [2.45, 2.75) is 19.9 Å². The SMILES string of the molecule is CC(C)C1CN(c2nc(N(CO)CO)nc3ccsc23)CCN1. The molecule has 1 unspecified atom stereocenters. The summed E-state index contributed by atoms with van der Waals surface area (Å²) in [6.45, 7) is 6.48. The molecule has 0 radical (unpaired) electrons. The van der Waals surface area contributed by atoms with E-state index in [2.05, 4.69) is 34.0 Å². The Hall–Kier alpha value is -1.48. The van der Waals surface area contributed by atoms with E-state index in [-0.39, 0.29) is 13.5 Å². The van der Waals surface area contributed by atoms with Crippen LogP contribution in [0.3, 0.4) is 0 Å². The molecule has 3 heterocycles. The van der Waals surface area contributed by atoms with E-state index in [1.54, 1.807) is 11.3 Å². The second-order valence-electron chi connectivity index (χ2n) is 6.06. The van der Waals surface area contributed by atoms with Crippen LogP contribution in [-0.2, 0) is 0 Å². The number of hydrogen-bond acceptors (Lipinski definition) is 8. The van der Waals surface area contributed by atoms with Crippen molar-refractivity contribution < 1.29 is 10.2 Å². The number of thiophene rings is 1. The molecule has 1 aliphatic heterocycles. The highest BCUT2D eigenvalue weighted by atomic mass is 32.1. The van der Waals surface area contributed by atoms with Crippen LogP contribution in [0, 0.1) is 5.92 Å². The highest BCUT2D eigenvalue weighted by Crippen LogP contribution is 2.31. The van der Waals surface area contributed by atoms with E-state index < -0.39 is 0 Å². The summed E-state index contributed by atoms with van der Waals surface area (Å²) in [5.74, 6) is 1.79. The lowest BCUT2D eigenvalue weighted by atomic mass is 10.0. The van der Waals surface area contributed by atoms with Gasteiger partial charge in [-0.05, 0) is 17.4 Å². The normalized spacial score (nSPS) is 18.8. The van der Waals surface area contributed by atoms with E-state index in [1.807, 2.05) is 11.4 Å². The van der Waals surface area contributed by atoms with E-state index in [9.17, 15) is 10.2 Å². The highest BCUT2D eigenvalue weighted by molar-refractivity contribution is 7.17. The first-order chi connectivity index (χ1) is 11.1. The van der Waals surface area contributed by atoms with Crippen LogP contribution in [0.25, 0.3) is 10.2 Å². The zero-order valence-electron chi connectivity index (χ0n) is 13.4. The number of nitrogens with zero attached hydrogens (tertiary/aromatic N) is 4. The van der Waals surface area contributed by atoms with Gasteiger partial charge in [0.25, 0.3) is 0 Å². The zero-order chi connectivity index (χ0) is 16.4. The molecular weight excluding hydrogens is 314 g/mol. The fourth-order valence-corrected chi connectivity index (χ4v) is 3.63. The van der Waals surface area contributed by atoms with E-state index in [0.29, 0.717) is 17.9 Å². The number of piperazine rings is 1. The number of hydrogen-bond donors (Lipinski definition) is 3. The Balaban J connectivity index is 1.99. The van der Waals surface area contributed by atoms with Crippen LogP contribution < -0.4 is 15.1 Å². The maximum Gasteiger partial charge on any atom is 0.231 e. The zero-order valence-corrected chi connectivity index (χ0v) is 14.3. The monoisotopic (exact) mass is 337 g/mol. The Bertz CT molecular complexity index is 658. The predicted molar refractivity (Wildman–Crippen MR) is 92.9 cm³/mol. The van der Waals surface area contributed by atoms with Crippen molar-refractivity contribution in [1.82, 2.24) is 15.3 Å². The predicted octanol–water partition coefficient (Wildman–Crippen LogP) is 0.831. The van der Waals surface area contributed by atoms with Gasteiger partial charge in [0.05, 0.1) is 10.2 Å². The smallest absolute Gasteiger partial charge is 0.231 e. The van der Waals surface area contributed by atoms with Gasteiger partial charge in [-0.1, -0.05) is 13.8 Å². The van der Waals surface area contributed by atoms with Gasteiger partial charge in [-0.3, -0.25) is 4.90 Å². The quantitative estimate of drug-likeness (QED) is 0.697. The van der Waals surface area contributed by atoms with Gasteiger partial charge >= 0.3 is 0 Å². The molecule has 1 atom stereocenters. The summed E-state index contributed by atoms with van der Waals surface area (Å²) >= 11 is 1.62. The van der Waals surface area contributed by atoms with Crippen molar-refractivity contribution in [2.24, 2.45) is 5.92 Å². The molecule has 1 saturated heterocycles. The van der Waals surface area contributed by atoms with Crippen molar-refractivity contribution in [3.63, 3.8) is 0 Å². The second kappa shape index (κ2) is 6.96. The molecule has 0 spiro atoms. The number of fused-ring (bicyclic) bond motifs is 1.